The number of aliphatic hydroxyl groups is 2. The topological polar surface area (TPSA) is 101 Å². The number of ketones is 2. The van der Waals surface area contributed by atoms with E-state index in [0.29, 0.717) is 24.8 Å². The third-order valence-corrected chi connectivity index (χ3v) is 9.29. The Bertz CT molecular complexity index is 853. The molecule has 6 nitrogen and oxygen atoms in total. The van der Waals surface area contributed by atoms with E-state index in [0.717, 1.165) is 0 Å². The lowest BCUT2D eigenvalue weighted by Crippen LogP contribution is -2.64. The molecule has 0 amide bonds. The molecular weight excluding hydrogens is 403 g/mol. The fourth-order valence-corrected chi connectivity index (χ4v) is 7.90. The average molecular weight is 437 g/mol. The predicted molar refractivity (Wildman–Crippen MR) is 110 cm³/mol. The monoisotopic (exact) mass is 436 g/mol. The van der Waals surface area contributed by atoms with Crippen LogP contribution in [0.3, 0.4) is 0 Å². The van der Waals surface area contributed by atoms with Crippen molar-refractivity contribution >= 4 is 17.5 Å². The summed E-state index contributed by atoms with van der Waals surface area (Å²) in [5, 5.41) is 23.0. The second kappa shape index (κ2) is 7.20. The molecule has 0 saturated heterocycles. The summed E-state index contributed by atoms with van der Waals surface area (Å²) >= 11 is 0. The van der Waals surface area contributed by atoms with Crippen molar-refractivity contribution in [2.24, 2.45) is 34.5 Å². The van der Waals surface area contributed by atoms with Gasteiger partial charge < -0.3 is 14.9 Å². The average Bonchev–Trinajstić information content (AvgIpc) is 2.88. The van der Waals surface area contributed by atoms with Gasteiger partial charge in [0.2, 0.25) is 5.78 Å². The van der Waals surface area contributed by atoms with Gasteiger partial charge in [0, 0.05) is 18.8 Å². The Hall–Kier alpha value is -1.60. The van der Waals surface area contributed by atoms with Crippen LogP contribution in [0, 0.1) is 34.5 Å². The molecule has 0 unspecified atom stereocenters. The number of alkyl halides is 1. The van der Waals surface area contributed by atoms with Crippen LogP contribution in [-0.4, -0.2) is 52.2 Å². The fourth-order valence-electron chi connectivity index (χ4n) is 7.90. The lowest BCUT2D eigenvalue weighted by Gasteiger charge is -2.61. The van der Waals surface area contributed by atoms with Crippen molar-refractivity contribution in [3.63, 3.8) is 0 Å². The first-order chi connectivity index (χ1) is 14.4. The molecule has 31 heavy (non-hydrogen) atoms. The maximum atomic E-state index is 15.4. The third kappa shape index (κ3) is 2.99. The number of hydrogen-bond donors (Lipinski definition) is 2. The third-order valence-electron chi connectivity index (χ3n) is 9.29. The van der Waals surface area contributed by atoms with Crippen LogP contribution in [0.4, 0.5) is 4.39 Å². The zero-order valence-corrected chi connectivity index (χ0v) is 18.7. The van der Waals surface area contributed by atoms with Gasteiger partial charge in [0.1, 0.15) is 11.8 Å². The standard InChI is InChI=1S/C24H33FO6/c1-12-7-16-15-9-18(25)17-8-14(27)5-6-22(17,3)21(15)19(28)10-23(16,4)24(12,30)20(29)11-31-13(2)26/h8,12,15-16,18-19,21,28,30H,5-7,9-11H2,1-4H3/t12-,15+,16+,18+,19+,21-,22+,23+,24+/m1/s1. The smallest absolute Gasteiger partial charge is 0.303 e. The van der Waals surface area contributed by atoms with Gasteiger partial charge in [-0.2, -0.15) is 0 Å². The van der Waals surface area contributed by atoms with Gasteiger partial charge in [0.25, 0.3) is 0 Å². The van der Waals surface area contributed by atoms with Crippen molar-refractivity contribution in [3.8, 4) is 0 Å². The zero-order chi connectivity index (χ0) is 22.9. The van der Waals surface area contributed by atoms with E-state index in [4.69, 9.17) is 4.74 Å². The van der Waals surface area contributed by atoms with Crippen LogP contribution in [0.5, 0.6) is 0 Å². The number of ether oxygens (including phenoxy) is 1. The van der Waals surface area contributed by atoms with Crippen molar-refractivity contribution in [2.75, 3.05) is 6.61 Å². The zero-order valence-electron chi connectivity index (χ0n) is 18.7. The molecule has 4 aliphatic carbocycles. The van der Waals surface area contributed by atoms with E-state index in [-0.39, 0.29) is 36.4 Å². The normalized spacial score (nSPS) is 48.9. The first kappa shape index (κ1) is 22.6. The maximum Gasteiger partial charge on any atom is 0.303 e. The summed E-state index contributed by atoms with van der Waals surface area (Å²) in [5.74, 6) is -2.23. The molecular formula is C24H33FO6. The number of aliphatic hydroxyl groups excluding tert-OH is 1. The van der Waals surface area contributed by atoms with E-state index in [1.807, 2.05) is 13.8 Å². The van der Waals surface area contributed by atoms with Crippen LogP contribution >= 0.6 is 0 Å². The summed E-state index contributed by atoms with van der Waals surface area (Å²) in [6, 6.07) is 0. The molecule has 7 heteroatoms. The van der Waals surface area contributed by atoms with Crippen LogP contribution in [0.1, 0.15) is 59.8 Å². The first-order valence-electron chi connectivity index (χ1n) is 11.3. The second-order valence-electron chi connectivity index (χ2n) is 10.8. The minimum Gasteiger partial charge on any atom is -0.458 e. The molecule has 0 spiro atoms. The number of hydrogen-bond acceptors (Lipinski definition) is 6. The van der Waals surface area contributed by atoms with E-state index >= 15 is 4.39 Å². The maximum absolute atomic E-state index is 15.4. The van der Waals surface area contributed by atoms with Gasteiger partial charge in [0.05, 0.1) is 6.10 Å². The minimum absolute atomic E-state index is 0.0661. The summed E-state index contributed by atoms with van der Waals surface area (Å²) in [7, 11) is 0. The SMILES string of the molecule is CC(=O)OCC(=O)[C@@]1(O)[C@H](C)C[C@H]2[C@@H]3C[C@H](F)C4=CC(=O)CC[C@]4(C)[C@H]3[C@@H](O)C[C@@]21C. The van der Waals surface area contributed by atoms with Crippen molar-refractivity contribution in [1.29, 1.82) is 0 Å². The number of Topliss-reactive ketones (excluding diaryl/α,β-unsaturated/α-hetero) is 1. The molecule has 4 aliphatic rings. The Morgan fingerprint density at radius 2 is 1.97 bits per heavy atom. The van der Waals surface area contributed by atoms with Gasteiger partial charge in [0.15, 0.2) is 12.4 Å². The Morgan fingerprint density at radius 1 is 1.29 bits per heavy atom. The van der Waals surface area contributed by atoms with Gasteiger partial charge in [-0.15, -0.1) is 0 Å². The van der Waals surface area contributed by atoms with Crippen molar-refractivity contribution in [3.05, 3.63) is 11.6 Å². The molecule has 3 fully saturated rings. The molecule has 0 aromatic carbocycles. The number of carbonyl (C=O) groups is 3. The number of esters is 1. The van der Waals surface area contributed by atoms with Crippen LogP contribution < -0.4 is 0 Å². The van der Waals surface area contributed by atoms with E-state index in [9.17, 15) is 24.6 Å². The van der Waals surface area contributed by atoms with Crippen molar-refractivity contribution in [1.82, 2.24) is 0 Å². The van der Waals surface area contributed by atoms with E-state index in [1.54, 1.807) is 6.92 Å². The number of rotatable bonds is 3. The summed E-state index contributed by atoms with van der Waals surface area (Å²) in [6.07, 6.45) is 1.10. The minimum atomic E-state index is -1.76. The molecule has 0 bridgehead atoms. The molecule has 3 saturated carbocycles. The second-order valence-corrected chi connectivity index (χ2v) is 10.8. The molecule has 0 radical (unpaired) electrons. The van der Waals surface area contributed by atoms with Crippen LogP contribution in [0.2, 0.25) is 0 Å². The highest BCUT2D eigenvalue weighted by Crippen LogP contribution is 2.69. The molecule has 0 aromatic rings. The predicted octanol–water partition coefficient (Wildman–Crippen LogP) is 2.55. The summed E-state index contributed by atoms with van der Waals surface area (Å²) in [4.78, 5) is 36.3. The van der Waals surface area contributed by atoms with E-state index in [1.165, 1.54) is 13.0 Å². The molecule has 0 aromatic heterocycles. The Balaban J connectivity index is 1.73. The van der Waals surface area contributed by atoms with Crippen LogP contribution in [0.15, 0.2) is 11.6 Å². The number of allylic oxidation sites excluding steroid dienone is 1. The van der Waals surface area contributed by atoms with Crippen LogP contribution in [-0.2, 0) is 19.1 Å². The quantitative estimate of drug-likeness (QED) is 0.660. The van der Waals surface area contributed by atoms with E-state index < -0.39 is 53.0 Å². The lowest BCUT2D eigenvalue weighted by atomic mass is 9.45. The summed E-state index contributed by atoms with van der Waals surface area (Å²) in [6.45, 7) is 6.27. The molecule has 4 rings (SSSR count). The molecule has 2 N–H and O–H groups in total. The highest BCUT2D eigenvalue weighted by Gasteiger charge is 2.71. The van der Waals surface area contributed by atoms with Crippen molar-refractivity contribution < 1.29 is 33.7 Å². The van der Waals surface area contributed by atoms with Gasteiger partial charge in [-0.25, -0.2) is 4.39 Å². The summed E-state index contributed by atoms with van der Waals surface area (Å²) < 4.78 is 20.3. The number of halogens is 1. The van der Waals surface area contributed by atoms with Gasteiger partial charge in [-0.3, -0.25) is 14.4 Å². The Kier molecular flexibility index (Phi) is 5.25. The summed E-state index contributed by atoms with van der Waals surface area (Å²) in [5.41, 5.74) is -2.82. The Morgan fingerprint density at radius 3 is 2.61 bits per heavy atom. The van der Waals surface area contributed by atoms with Crippen molar-refractivity contribution in [2.45, 2.75) is 77.7 Å². The molecule has 172 valence electrons. The first-order valence-corrected chi connectivity index (χ1v) is 11.3. The van der Waals surface area contributed by atoms with Gasteiger partial charge >= 0.3 is 5.97 Å². The highest BCUT2D eigenvalue weighted by atomic mass is 19.1. The van der Waals surface area contributed by atoms with Crippen LogP contribution in [0.25, 0.3) is 0 Å². The van der Waals surface area contributed by atoms with Gasteiger partial charge in [-0.1, -0.05) is 20.8 Å². The van der Waals surface area contributed by atoms with E-state index in [2.05, 4.69) is 0 Å². The highest BCUT2D eigenvalue weighted by molar-refractivity contribution is 5.92. The largest absolute Gasteiger partial charge is 0.458 e. The number of fused-ring (bicyclic) bond motifs is 5. The molecule has 0 heterocycles. The molecule has 0 aliphatic heterocycles. The Labute approximate surface area is 182 Å². The number of carbonyl (C=O) groups excluding carboxylic acids is 3. The lowest BCUT2D eigenvalue weighted by molar-refractivity contribution is -0.191. The molecule has 9 atom stereocenters. The van der Waals surface area contributed by atoms with Gasteiger partial charge in [-0.05, 0) is 66.4 Å². The fraction of sp³-hybridized carbons (Fsp3) is 0.792.